The molecule has 0 aromatic rings. The van der Waals surface area contributed by atoms with Crippen molar-refractivity contribution in [3.8, 4) is 0 Å². The zero-order chi connectivity index (χ0) is 5.21. The molecule has 1 radical (unpaired) electrons. The molecule has 0 amide bonds. The highest BCUT2D eigenvalue weighted by molar-refractivity contribution is 9.09. The van der Waals surface area contributed by atoms with E-state index in [0.717, 1.165) is 0 Å². The van der Waals surface area contributed by atoms with Crippen LogP contribution in [0, 0.1) is 0 Å². The van der Waals surface area contributed by atoms with E-state index in [9.17, 15) is 0 Å². The van der Waals surface area contributed by atoms with Crippen LogP contribution in [0.2, 0.25) is 0 Å². The van der Waals surface area contributed by atoms with Gasteiger partial charge in [0.1, 0.15) is 0 Å². The summed E-state index contributed by atoms with van der Waals surface area (Å²) >= 11 is 18.0. The molecule has 0 aromatic carbocycles. The Morgan fingerprint density at radius 3 is 1.83 bits per heavy atom. The second-order valence-corrected chi connectivity index (χ2v) is 3.96. The number of rotatable bonds is 1. The largest absolute Gasteiger partial charge is 0.182 e. The van der Waals surface area contributed by atoms with E-state index in [0.29, 0.717) is 5.33 Å². The molecule has 0 aliphatic carbocycles. The highest BCUT2D eigenvalue weighted by Crippen LogP contribution is 2.26. The second kappa shape index (κ2) is 2.65. The number of hydrogen-bond donors (Lipinski definition) is 0. The molecule has 0 aliphatic heterocycles. The first-order chi connectivity index (χ1) is 2.56. The zero-order valence-corrected chi connectivity index (χ0v) is 6.66. The minimum atomic E-state index is -1.01. The van der Waals surface area contributed by atoms with Crippen molar-refractivity contribution in [2.24, 2.45) is 0 Å². The third kappa shape index (κ3) is 5.41. The van der Waals surface area contributed by atoms with Crippen LogP contribution >= 0.6 is 51.8 Å². The lowest BCUT2D eigenvalue weighted by molar-refractivity contribution is 1.34. The van der Waals surface area contributed by atoms with Crippen molar-refractivity contribution in [1.82, 2.24) is 0 Å². The van der Waals surface area contributed by atoms with E-state index >= 15 is 0 Å². The molecule has 4 heteroatoms. The van der Waals surface area contributed by atoms with E-state index in [1.807, 2.05) is 0 Å². The van der Waals surface area contributed by atoms with Gasteiger partial charge in [0.15, 0.2) is 3.67 Å². The monoisotopic (exact) mass is 207 g/mol. The Bertz CT molecular complexity index is 41.3. The second-order valence-electron chi connectivity index (χ2n) is 0.771. The molecule has 0 rings (SSSR count). The average molecular weight is 209 g/mol. The van der Waals surface area contributed by atoms with E-state index in [4.69, 9.17) is 23.2 Å². The van der Waals surface area contributed by atoms with Crippen molar-refractivity contribution in [2.75, 3.05) is 5.33 Å². The third-order valence-corrected chi connectivity index (χ3v) is 2.43. The highest BCUT2D eigenvalue weighted by Gasteiger charge is 2.14. The van der Waals surface area contributed by atoms with Gasteiger partial charge in [0.25, 0.3) is 0 Å². The molecule has 0 spiro atoms. The van der Waals surface area contributed by atoms with E-state index in [1.165, 1.54) is 0 Å². The van der Waals surface area contributed by atoms with Crippen molar-refractivity contribution in [1.29, 1.82) is 0 Å². The molecule has 37 valence electrons. The normalized spacial score (nSPS) is 12.0. The van der Waals surface area contributed by atoms with Crippen LogP contribution in [0.1, 0.15) is 0 Å². The van der Waals surface area contributed by atoms with Gasteiger partial charge in [-0.1, -0.05) is 51.8 Å². The molecule has 0 aromatic heterocycles. The number of halogens is 3. The summed E-state index contributed by atoms with van der Waals surface area (Å²) in [6.45, 7) is 0. The van der Waals surface area contributed by atoms with E-state index in [2.05, 4.69) is 28.6 Å². The van der Waals surface area contributed by atoms with Gasteiger partial charge in [-0.15, -0.1) is 0 Å². The van der Waals surface area contributed by atoms with Crippen molar-refractivity contribution in [3.63, 3.8) is 0 Å². The Morgan fingerprint density at radius 2 is 1.83 bits per heavy atom. The van der Waals surface area contributed by atoms with Gasteiger partial charge in [0.05, 0.1) is 0 Å². The molecule has 0 nitrogen and oxygen atoms in total. The maximum absolute atomic E-state index is 5.25. The molecule has 0 unspecified atom stereocenters. The lowest BCUT2D eigenvalue weighted by atomic mass is 10.9. The molecule has 0 atom stereocenters. The van der Waals surface area contributed by atoms with Crippen LogP contribution < -0.4 is 0 Å². The van der Waals surface area contributed by atoms with Crippen molar-refractivity contribution in [2.45, 2.75) is 3.67 Å². The Morgan fingerprint density at radius 1 is 1.67 bits per heavy atom. The Balaban J connectivity index is 3.17. The number of alkyl halides is 3. The summed E-state index contributed by atoms with van der Waals surface area (Å²) in [5.74, 6) is 0. The summed E-state index contributed by atoms with van der Waals surface area (Å²) in [7, 11) is 0. The first-order valence-corrected chi connectivity index (χ1v) is 3.49. The minimum Gasteiger partial charge on any atom is -0.0886 e. The van der Waals surface area contributed by atoms with Crippen LogP contribution in [0.25, 0.3) is 0 Å². The van der Waals surface area contributed by atoms with Crippen molar-refractivity contribution >= 4 is 51.8 Å². The Kier molecular flexibility index (Phi) is 3.28. The first-order valence-electron chi connectivity index (χ1n) is 1.20. The van der Waals surface area contributed by atoms with Gasteiger partial charge in [-0.05, 0) is 0 Å². The standard InChI is InChI=1S/C2H2BrCl2S/c3-1-2(4,5)6/h1H2. The topological polar surface area (TPSA) is 0 Å². The SMILES string of the molecule is [S]C(Cl)(Cl)CBr. The number of hydrogen-bond acceptors (Lipinski definition) is 0. The van der Waals surface area contributed by atoms with Gasteiger partial charge in [-0.25, -0.2) is 0 Å². The maximum atomic E-state index is 5.25. The summed E-state index contributed by atoms with van der Waals surface area (Å²) in [5, 5.41) is 0.429. The molecule has 0 saturated heterocycles. The Hall–Kier alpha value is 1.41. The first kappa shape index (κ1) is 7.41. The van der Waals surface area contributed by atoms with Gasteiger partial charge >= 0.3 is 0 Å². The van der Waals surface area contributed by atoms with Gasteiger partial charge < -0.3 is 0 Å². The predicted molar refractivity (Wildman–Crippen MR) is 35.8 cm³/mol. The van der Waals surface area contributed by atoms with Crippen LogP contribution in [-0.4, -0.2) is 9.00 Å². The molecule has 0 saturated carbocycles. The predicted octanol–water partition coefficient (Wildman–Crippen LogP) is 2.71. The van der Waals surface area contributed by atoms with Crippen molar-refractivity contribution in [3.05, 3.63) is 0 Å². The maximum Gasteiger partial charge on any atom is 0.182 e. The lowest BCUT2D eigenvalue weighted by Gasteiger charge is -2.01. The molecule has 0 fully saturated rings. The summed E-state index contributed by atoms with van der Waals surface area (Å²) in [6, 6.07) is 0. The summed E-state index contributed by atoms with van der Waals surface area (Å²) in [5.41, 5.74) is 0. The van der Waals surface area contributed by atoms with E-state index in [-0.39, 0.29) is 0 Å². The fourth-order valence-corrected chi connectivity index (χ4v) is 0. The summed E-state index contributed by atoms with van der Waals surface area (Å²) in [6.07, 6.45) is 0. The fraction of sp³-hybridized carbons (Fsp3) is 1.00. The average Bonchev–Trinajstić information content (AvgIpc) is 1.35. The molecule has 0 heterocycles. The highest BCUT2D eigenvalue weighted by atomic mass is 79.9. The van der Waals surface area contributed by atoms with Crippen LogP contribution in [-0.2, 0) is 0 Å². The van der Waals surface area contributed by atoms with Gasteiger partial charge in [0.2, 0.25) is 0 Å². The minimum absolute atomic E-state index is 0.429. The van der Waals surface area contributed by atoms with Crippen LogP contribution in [0.15, 0.2) is 0 Å². The van der Waals surface area contributed by atoms with Crippen LogP contribution in [0.5, 0.6) is 0 Å². The van der Waals surface area contributed by atoms with Crippen LogP contribution in [0.4, 0.5) is 0 Å². The molecule has 0 aliphatic rings. The quantitative estimate of drug-likeness (QED) is 0.582. The third-order valence-electron chi connectivity index (χ3n) is 0.156. The van der Waals surface area contributed by atoms with E-state index < -0.39 is 3.67 Å². The van der Waals surface area contributed by atoms with Gasteiger partial charge in [-0.2, -0.15) is 0 Å². The molecular formula is C2H2BrCl2S. The van der Waals surface area contributed by atoms with Gasteiger partial charge in [-0.3, -0.25) is 0 Å². The van der Waals surface area contributed by atoms with Crippen LogP contribution in [0.3, 0.4) is 0 Å². The molecular weight excluding hydrogens is 207 g/mol. The molecule has 0 bridgehead atoms. The Labute approximate surface area is 60.7 Å². The van der Waals surface area contributed by atoms with E-state index in [1.54, 1.807) is 0 Å². The summed E-state index contributed by atoms with van der Waals surface area (Å²) in [4.78, 5) is 0. The van der Waals surface area contributed by atoms with Gasteiger partial charge in [0, 0.05) is 5.33 Å². The summed E-state index contributed by atoms with van der Waals surface area (Å²) < 4.78 is -1.01. The zero-order valence-electron chi connectivity index (χ0n) is 2.75. The molecule has 6 heavy (non-hydrogen) atoms. The lowest BCUT2D eigenvalue weighted by Crippen LogP contribution is -2.01. The van der Waals surface area contributed by atoms with Crippen molar-refractivity contribution < 1.29 is 0 Å². The fourth-order valence-electron chi connectivity index (χ4n) is 0. The molecule has 0 N–H and O–H groups in total. The smallest absolute Gasteiger partial charge is 0.0886 e.